The standard InChI is InChI=1S/C15H27NO/c1-11(2)13-4-3-12(17)9-14(13)16-8-7-15(10-16)5-6-15/h11-14,17H,3-10H2,1-2H3. The van der Waals surface area contributed by atoms with Crippen LogP contribution in [0.15, 0.2) is 0 Å². The fourth-order valence-corrected chi connectivity index (χ4v) is 4.18. The summed E-state index contributed by atoms with van der Waals surface area (Å²) in [5.41, 5.74) is 0.726. The van der Waals surface area contributed by atoms with Gasteiger partial charge < -0.3 is 5.11 Å². The lowest BCUT2D eigenvalue weighted by atomic mass is 9.76. The van der Waals surface area contributed by atoms with Gasteiger partial charge in [0.25, 0.3) is 0 Å². The van der Waals surface area contributed by atoms with Crippen molar-refractivity contribution in [3.63, 3.8) is 0 Å². The van der Waals surface area contributed by atoms with Crippen molar-refractivity contribution in [2.45, 2.75) is 64.5 Å². The maximum absolute atomic E-state index is 9.96. The summed E-state index contributed by atoms with van der Waals surface area (Å²) in [7, 11) is 0. The fourth-order valence-electron chi connectivity index (χ4n) is 4.18. The molecule has 17 heavy (non-hydrogen) atoms. The maximum atomic E-state index is 9.96. The minimum atomic E-state index is -0.0363. The van der Waals surface area contributed by atoms with Crippen molar-refractivity contribution in [3.05, 3.63) is 0 Å². The zero-order valence-corrected chi connectivity index (χ0v) is 11.4. The summed E-state index contributed by atoms with van der Waals surface area (Å²) in [6, 6.07) is 0.665. The molecule has 2 nitrogen and oxygen atoms in total. The molecule has 0 aromatic rings. The fraction of sp³-hybridized carbons (Fsp3) is 1.00. The number of hydrogen-bond acceptors (Lipinski definition) is 2. The second-order valence-corrected chi connectivity index (χ2v) is 7.16. The molecule has 3 unspecified atom stereocenters. The molecule has 1 spiro atoms. The molecule has 0 aromatic carbocycles. The Morgan fingerprint density at radius 2 is 1.94 bits per heavy atom. The molecular formula is C15H27NO. The van der Waals surface area contributed by atoms with Gasteiger partial charge in [-0.3, -0.25) is 4.90 Å². The SMILES string of the molecule is CC(C)C1CCC(O)CC1N1CCC2(CC2)C1. The van der Waals surface area contributed by atoms with Gasteiger partial charge in [-0.2, -0.15) is 0 Å². The molecule has 0 radical (unpaired) electrons. The van der Waals surface area contributed by atoms with Crippen molar-refractivity contribution in [1.29, 1.82) is 0 Å². The minimum Gasteiger partial charge on any atom is -0.393 e. The first kappa shape index (κ1) is 12.0. The van der Waals surface area contributed by atoms with E-state index in [1.165, 1.54) is 38.8 Å². The summed E-state index contributed by atoms with van der Waals surface area (Å²) in [5.74, 6) is 1.58. The Morgan fingerprint density at radius 3 is 2.53 bits per heavy atom. The van der Waals surface area contributed by atoms with Crippen molar-refractivity contribution in [2.75, 3.05) is 13.1 Å². The van der Waals surface area contributed by atoms with E-state index in [1.807, 2.05) is 0 Å². The Kier molecular flexibility index (Phi) is 2.99. The van der Waals surface area contributed by atoms with Gasteiger partial charge in [-0.1, -0.05) is 13.8 Å². The van der Waals surface area contributed by atoms with Crippen molar-refractivity contribution < 1.29 is 5.11 Å². The van der Waals surface area contributed by atoms with Gasteiger partial charge in [0, 0.05) is 12.6 Å². The molecule has 2 heteroatoms. The zero-order valence-electron chi connectivity index (χ0n) is 11.4. The van der Waals surface area contributed by atoms with Crippen LogP contribution in [0.1, 0.15) is 52.4 Å². The van der Waals surface area contributed by atoms with Gasteiger partial charge in [0.1, 0.15) is 0 Å². The molecule has 0 amide bonds. The summed E-state index contributed by atoms with van der Waals surface area (Å²) < 4.78 is 0. The molecule has 3 fully saturated rings. The first-order valence-electron chi connectivity index (χ1n) is 7.52. The number of aliphatic hydroxyl groups is 1. The molecule has 3 atom stereocenters. The molecule has 0 bridgehead atoms. The third-order valence-corrected chi connectivity index (χ3v) is 5.59. The van der Waals surface area contributed by atoms with Crippen molar-refractivity contribution >= 4 is 0 Å². The lowest BCUT2D eigenvalue weighted by Gasteiger charge is -2.42. The van der Waals surface area contributed by atoms with E-state index in [2.05, 4.69) is 18.7 Å². The lowest BCUT2D eigenvalue weighted by Crippen LogP contribution is -2.46. The normalized spacial score (nSPS) is 41.3. The van der Waals surface area contributed by atoms with Gasteiger partial charge in [-0.25, -0.2) is 0 Å². The summed E-state index contributed by atoms with van der Waals surface area (Å²) >= 11 is 0. The summed E-state index contributed by atoms with van der Waals surface area (Å²) in [6.45, 7) is 7.34. The largest absolute Gasteiger partial charge is 0.393 e. The Morgan fingerprint density at radius 1 is 1.18 bits per heavy atom. The van der Waals surface area contributed by atoms with E-state index in [-0.39, 0.29) is 6.10 Å². The molecule has 0 aromatic heterocycles. The van der Waals surface area contributed by atoms with Gasteiger partial charge >= 0.3 is 0 Å². The Balaban J connectivity index is 1.69. The third kappa shape index (κ3) is 2.26. The second-order valence-electron chi connectivity index (χ2n) is 7.16. The molecule has 98 valence electrons. The van der Waals surface area contributed by atoms with Gasteiger partial charge in [0.2, 0.25) is 0 Å². The van der Waals surface area contributed by atoms with Gasteiger partial charge in [-0.15, -0.1) is 0 Å². The smallest absolute Gasteiger partial charge is 0.0555 e. The molecule has 3 rings (SSSR count). The quantitative estimate of drug-likeness (QED) is 0.798. The van der Waals surface area contributed by atoms with Gasteiger partial charge in [0.05, 0.1) is 6.10 Å². The highest BCUT2D eigenvalue weighted by atomic mass is 16.3. The first-order chi connectivity index (χ1) is 8.10. The average Bonchev–Trinajstić information content (AvgIpc) is 2.88. The monoisotopic (exact) mass is 237 g/mol. The Hall–Kier alpha value is -0.0800. The van der Waals surface area contributed by atoms with E-state index < -0.39 is 0 Å². The highest BCUT2D eigenvalue weighted by Gasteiger charge is 2.50. The van der Waals surface area contributed by atoms with Crippen molar-refractivity contribution in [2.24, 2.45) is 17.3 Å². The predicted molar refractivity (Wildman–Crippen MR) is 69.8 cm³/mol. The van der Waals surface area contributed by atoms with Crippen LogP contribution in [-0.2, 0) is 0 Å². The molecule has 3 aliphatic rings. The average molecular weight is 237 g/mol. The van der Waals surface area contributed by atoms with Crippen LogP contribution in [0.3, 0.4) is 0 Å². The molecular weight excluding hydrogens is 210 g/mol. The third-order valence-electron chi connectivity index (χ3n) is 5.59. The Labute approximate surface area is 105 Å². The van der Waals surface area contributed by atoms with E-state index in [4.69, 9.17) is 0 Å². The van der Waals surface area contributed by atoms with Crippen LogP contribution in [0.2, 0.25) is 0 Å². The minimum absolute atomic E-state index is 0.0363. The van der Waals surface area contributed by atoms with Crippen molar-refractivity contribution in [1.82, 2.24) is 4.90 Å². The lowest BCUT2D eigenvalue weighted by molar-refractivity contribution is 0.0194. The van der Waals surface area contributed by atoms with Crippen LogP contribution >= 0.6 is 0 Å². The van der Waals surface area contributed by atoms with E-state index >= 15 is 0 Å². The molecule has 2 saturated carbocycles. The molecule has 1 aliphatic heterocycles. The second kappa shape index (κ2) is 4.24. The number of rotatable bonds is 2. The number of hydrogen-bond donors (Lipinski definition) is 1. The van der Waals surface area contributed by atoms with E-state index in [9.17, 15) is 5.11 Å². The Bertz CT molecular complexity index is 285. The van der Waals surface area contributed by atoms with Crippen LogP contribution in [0.25, 0.3) is 0 Å². The van der Waals surface area contributed by atoms with Crippen LogP contribution in [0, 0.1) is 17.3 Å². The molecule has 2 aliphatic carbocycles. The highest BCUT2D eigenvalue weighted by molar-refractivity contribution is 5.03. The summed E-state index contributed by atoms with van der Waals surface area (Å²) in [6.07, 6.45) is 7.59. The summed E-state index contributed by atoms with van der Waals surface area (Å²) in [5, 5.41) is 9.96. The van der Waals surface area contributed by atoms with Crippen LogP contribution in [0.4, 0.5) is 0 Å². The molecule has 1 N–H and O–H groups in total. The van der Waals surface area contributed by atoms with E-state index in [0.29, 0.717) is 6.04 Å². The number of aliphatic hydroxyl groups excluding tert-OH is 1. The highest BCUT2D eigenvalue weighted by Crippen LogP contribution is 2.54. The van der Waals surface area contributed by atoms with E-state index in [1.54, 1.807) is 0 Å². The summed E-state index contributed by atoms with van der Waals surface area (Å²) in [4.78, 5) is 2.72. The van der Waals surface area contributed by atoms with E-state index in [0.717, 1.165) is 30.1 Å². The van der Waals surface area contributed by atoms with Crippen LogP contribution in [0.5, 0.6) is 0 Å². The van der Waals surface area contributed by atoms with Gasteiger partial charge in [-0.05, 0) is 62.3 Å². The predicted octanol–water partition coefficient (Wildman–Crippen LogP) is 2.66. The van der Waals surface area contributed by atoms with Gasteiger partial charge in [0.15, 0.2) is 0 Å². The number of nitrogens with zero attached hydrogens (tertiary/aromatic N) is 1. The maximum Gasteiger partial charge on any atom is 0.0555 e. The topological polar surface area (TPSA) is 23.5 Å². The molecule has 1 saturated heterocycles. The first-order valence-corrected chi connectivity index (χ1v) is 7.52. The van der Waals surface area contributed by atoms with Crippen LogP contribution < -0.4 is 0 Å². The number of likely N-dealkylation sites (tertiary alicyclic amines) is 1. The van der Waals surface area contributed by atoms with Crippen molar-refractivity contribution in [3.8, 4) is 0 Å². The zero-order chi connectivity index (χ0) is 12.0. The molecule has 1 heterocycles. The van der Waals surface area contributed by atoms with Crippen LogP contribution in [-0.4, -0.2) is 35.2 Å².